The lowest BCUT2D eigenvalue weighted by Crippen LogP contribution is -2.45. The van der Waals surface area contributed by atoms with Gasteiger partial charge >= 0.3 is 5.97 Å². The van der Waals surface area contributed by atoms with Crippen molar-refractivity contribution in [2.45, 2.75) is 398 Å². The van der Waals surface area contributed by atoms with Gasteiger partial charge in [0.25, 0.3) is 0 Å². The van der Waals surface area contributed by atoms with E-state index in [-0.39, 0.29) is 18.5 Å². The van der Waals surface area contributed by atoms with Crippen molar-refractivity contribution in [3.05, 3.63) is 12.2 Å². The molecule has 0 radical (unpaired) electrons. The fraction of sp³-hybridized carbons (Fsp3) is 0.941. The molecule has 0 aliphatic rings. The maximum absolute atomic E-state index is 12.5. The van der Waals surface area contributed by atoms with Crippen LogP contribution < -0.4 is 5.32 Å². The number of aliphatic hydroxyl groups is 2. The molecule has 0 saturated heterocycles. The molecule has 6 heteroatoms. The number of rotatable bonds is 64. The minimum absolute atomic E-state index is 0.00747. The summed E-state index contributed by atoms with van der Waals surface area (Å²) in [4.78, 5) is 24.6. The Morgan fingerprint density at radius 3 is 0.959 bits per heavy atom. The average molecular weight is 1040 g/mol. The summed E-state index contributed by atoms with van der Waals surface area (Å²) in [5.41, 5.74) is 0. The average Bonchev–Trinajstić information content (AvgIpc) is 3.40. The third-order valence-corrected chi connectivity index (χ3v) is 16.1. The van der Waals surface area contributed by atoms with Crippen LogP contribution in [0, 0.1) is 0 Å². The minimum atomic E-state index is -0.667. The normalized spacial score (nSPS) is 12.5. The van der Waals surface area contributed by atoms with E-state index < -0.39 is 12.1 Å². The van der Waals surface area contributed by atoms with Crippen LogP contribution in [0.1, 0.15) is 386 Å². The Balaban J connectivity index is 3.38. The van der Waals surface area contributed by atoms with Crippen molar-refractivity contribution in [1.29, 1.82) is 0 Å². The molecule has 6 nitrogen and oxygen atoms in total. The predicted octanol–water partition coefficient (Wildman–Crippen LogP) is 21.6. The second kappa shape index (κ2) is 64.1. The summed E-state index contributed by atoms with van der Waals surface area (Å²) in [6, 6.07) is -0.544. The van der Waals surface area contributed by atoms with Crippen LogP contribution in [-0.4, -0.2) is 47.4 Å². The largest absolute Gasteiger partial charge is 0.466 e. The van der Waals surface area contributed by atoms with E-state index in [0.717, 1.165) is 44.9 Å². The van der Waals surface area contributed by atoms with E-state index in [1.165, 1.54) is 308 Å². The highest BCUT2D eigenvalue weighted by Crippen LogP contribution is 2.19. The van der Waals surface area contributed by atoms with Crippen LogP contribution >= 0.6 is 0 Å². The summed E-state index contributed by atoms with van der Waals surface area (Å²) in [5.74, 6) is -0.0260. The molecule has 74 heavy (non-hydrogen) atoms. The molecule has 440 valence electrons. The van der Waals surface area contributed by atoms with Crippen LogP contribution in [0.2, 0.25) is 0 Å². The summed E-state index contributed by atoms with van der Waals surface area (Å²) < 4.78 is 5.50. The predicted molar refractivity (Wildman–Crippen MR) is 324 cm³/mol. The maximum atomic E-state index is 12.5. The van der Waals surface area contributed by atoms with Gasteiger partial charge in [-0.05, 0) is 51.4 Å². The smallest absolute Gasteiger partial charge is 0.305 e. The maximum Gasteiger partial charge on any atom is 0.305 e. The van der Waals surface area contributed by atoms with Crippen LogP contribution in [0.3, 0.4) is 0 Å². The van der Waals surface area contributed by atoms with E-state index in [1.807, 2.05) is 0 Å². The molecule has 0 aromatic carbocycles. The van der Waals surface area contributed by atoms with Gasteiger partial charge in [-0.2, -0.15) is 0 Å². The number of aliphatic hydroxyl groups excluding tert-OH is 2. The third-order valence-electron chi connectivity index (χ3n) is 16.1. The lowest BCUT2D eigenvalue weighted by Gasteiger charge is -2.22. The first-order valence-electron chi connectivity index (χ1n) is 33.9. The summed E-state index contributed by atoms with van der Waals surface area (Å²) in [6.07, 6.45) is 78.1. The fourth-order valence-corrected chi connectivity index (χ4v) is 10.9. The molecule has 0 fully saturated rings. The van der Waals surface area contributed by atoms with Crippen LogP contribution in [0.15, 0.2) is 12.2 Å². The van der Waals surface area contributed by atoms with Crippen molar-refractivity contribution >= 4 is 11.9 Å². The van der Waals surface area contributed by atoms with Gasteiger partial charge in [-0.1, -0.05) is 334 Å². The lowest BCUT2D eigenvalue weighted by atomic mass is 10.0. The Morgan fingerprint density at radius 1 is 0.365 bits per heavy atom. The number of hydrogen-bond acceptors (Lipinski definition) is 5. The topological polar surface area (TPSA) is 95.9 Å². The Kier molecular flexibility index (Phi) is 62.9. The zero-order chi connectivity index (χ0) is 53.6. The lowest BCUT2D eigenvalue weighted by molar-refractivity contribution is -0.143. The standard InChI is InChI=1S/C68H133NO5/c1-3-5-7-9-11-13-15-17-19-21-23-25-28-32-36-40-44-48-52-56-60-66(71)65(64-70)69-67(72)61-57-53-49-45-41-37-33-29-26-24-27-31-35-39-43-47-51-55-59-63-74-68(73)62-58-54-50-46-42-38-34-30-22-20-18-16-14-12-10-8-6-4-2/h20,22,65-66,70-71H,3-19,21,23-64H2,1-2H3,(H,69,72)/b22-20-. The van der Waals surface area contributed by atoms with Crippen molar-refractivity contribution < 1.29 is 24.5 Å². The summed E-state index contributed by atoms with van der Waals surface area (Å²) in [6.45, 7) is 4.98. The molecule has 2 unspecified atom stereocenters. The molecular formula is C68H133NO5. The highest BCUT2D eigenvalue weighted by Gasteiger charge is 2.20. The molecule has 0 heterocycles. The van der Waals surface area contributed by atoms with Gasteiger partial charge in [0.2, 0.25) is 5.91 Å². The molecule has 0 bridgehead atoms. The van der Waals surface area contributed by atoms with Gasteiger partial charge in [0.1, 0.15) is 0 Å². The van der Waals surface area contributed by atoms with E-state index in [2.05, 4.69) is 31.3 Å². The molecule has 0 aromatic heterocycles. The van der Waals surface area contributed by atoms with E-state index >= 15 is 0 Å². The Labute approximate surface area is 463 Å². The Hall–Kier alpha value is -1.40. The molecule has 0 aliphatic carbocycles. The summed E-state index contributed by atoms with van der Waals surface area (Å²) in [5, 5.41) is 23.4. The highest BCUT2D eigenvalue weighted by atomic mass is 16.5. The van der Waals surface area contributed by atoms with Crippen molar-refractivity contribution in [3.8, 4) is 0 Å². The zero-order valence-corrected chi connectivity index (χ0v) is 50.4. The SMILES string of the molecule is CCCCCCCCC/C=C\CCCCCCCCCC(=O)OCCCCCCCCCCCCCCCCCCCCCC(=O)NC(CO)C(O)CCCCCCCCCCCCCCCCCCCCCC. The monoisotopic (exact) mass is 1040 g/mol. The number of unbranched alkanes of at least 4 members (excludes halogenated alkanes) is 51. The molecule has 0 spiro atoms. The second-order valence-electron chi connectivity index (χ2n) is 23.5. The van der Waals surface area contributed by atoms with Gasteiger partial charge in [0.15, 0.2) is 0 Å². The summed E-state index contributed by atoms with van der Waals surface area (Å²) >= 11 is 0. The number of carbonyl (C=O) groups excluding carboxylic acids is 2. The Bertz CT molecular complexity index is 1110. The first-order valence-corrected chi connectivity index (χ1v) is 33.9. The van der Waals surface area contributed by atoms with Crippen LogP contribution in [0.5, 0.6) is 0 Å². The number of allylic oxidation sites excluding steroid dienone is 2. The number of carbonyl (C=O) groups is 2. The van der Waals surface area contributed by atoms with Gasteiger partial charge < -0.3 is 20.3 Å². The van der Waals surface area contributed by atoms with Crippen molar-refractivity contribution in [2.24, 2.45) is 0 Å². The number of ether oxygens (including phenoxy) is 1. The molecule has 3 N–H and O–H groups in total. The summed E-state index contributed by atoms with van der Waals surface area (Å²) in [7, 11) is 0. The number of nitrogens with one attached hydrogen (secondary N) is 1. The molecule has 0 rings (SSSR count). The zero-order valence-electron chi connectivity index (χ0n) is 50.4. The first kappa shape index (κ1) is 72.6. The highest BCUT2D eigenvalue weighted by molar-refractivity contribution is 5.76. The second-order valence-corrected chi connectivity index (χ2v) is 23.5. The molecule has 1 amide bonds. The van der Waals surface area contributed by atoms with Gasteiger partial charge in [-0.25, -0.2) is 0 Å². The Morgan fingerprint density at radius 2 is 0.635 bits per heavy atom. The van der Waals surface area contributed by atoms with Crippen LogP contribution in [0.25, 0.3) is 0 Å². The molecule has 0 aromatic rings. The first-order chi connectivity index (χ1) is 36.5. The van der Waals surface area contributed by atoms with Crippen molar-refractivity contribution in [3.63, 3.8) is 0 Å². The van der Waals surface area contributed by atoms with Gasteiger partial charge in [0.05, 0.1) is 25.4 Å². The molecule has 0 saturated carbocycles. The quantitative estimate of drug-likeness (QED) is 0.0320. The molecule has 0 aliphatic heterocycles. The van der Waals surface area contributed by atoms with Gasteiger partial charge in [0, 0.05) is 12.8 Å². The van der Waals surface area contributed by atoms with E-state index in [9.17, 15) is 19.8 Å². The number of hydrogen-bond donors (Lipinski definition) is 3. The third kappa shape index (κ3) is 59.8. The van der Waals surface area contributed by atoms with Crippen LogP contribution in [0.4, 0.5) is 0 Å². The van der Waals surface area contributed by atoms with Gasteiger partial charge in [-0.3, -0.25) is 9.59 Å². The van der Waals surface area contributed by atoms with Gasteiger partial charge in [-0.15, -0.1) is 0 Å². The number of amides is 1. The molecule has 2 atom stereocenters. The fourth-order valence-electron chi connectivity index (χ4n) is 10.9. The van der Waals surface area contributed by atoms with E-state index in [1.54, 1.807) is 0 Å². The van der Waals surface area contributed by atoms with Crippen molar-refractivity contribution in [1.82, 2.24) is 5.32 Å². The molecular weight excluding hydrogens is 911 g/mol. The van der Waals surface area contributed by atoms with Crippen LogP contribution in [-0.2, 0) is 14.3 Å². The van der Waals surface area contributed by atoms with Crippen molar-refractivity contribution in [2.75, 3.05) is 13.2 Å². The van der Waals surface area contributed by atoms with E-state index in [4.69, 9.17) is 4.74 Å². The minimum Gasteiger partial charge on any atom is -0.466 e. The number of esters is 1. The van der Waals surface area contributed by atoms with E-state index in [0.29, 0.717) is 25.9 Å².